The molecule has 2 aromatic carbocycles. The van der Waals surface area contributed by atoms with Crippen LogP contribution in [0, 0.1) is 12.7 Å². The Balaban J connectivity index is 1.93. The molecule has 0 spiro atoms. The Morgan fingerprint density at radius 1 is 1.03 bits per heavy atom. The molecule has 154 valence electrons. The van der Waals surface area contributed by atoms with E-state index in [-0.39, 0.29) is 21.9 Å². The maximum Gasteiger partial charge on any atom is 0.240 e. The average molecular weight is 474 g/mol. The van der Waals surface area contributed by atoms with Crippen molar-refractivity contribution in [2.45, 2.75) is 22.0 Å². The number of benzene rings is 2. The highest BCUT2D eigenvalue weighted by molar-refractivity contribution is 7.92. The van der Waals surface area contributed by atoms with E-state index in [9.17, 15) is 21.2 Å². The number of nitrogens with one attached hydrogen (secondary N) is 1. The zero-order valence-electron chi connectivity index (χ0n) is 15.2. The predicted octanol–water partition coefficient (Wildman–Crippen LogP) is 4.34. The van der Waals surface area contributed by atoms with Crippen molar-refractivity contribution in [2.75, 3.05) is 6.54 Å². The Hall–Kier alpha value is -1.78. The normalized spacial score (nSPS) is 13.3. The van der Waals surface area contributed by atoms with Crippen molar-refractivity contribution < 1.29 is 21.2 Å². The fourth-order valence-electron chi connectivity index (χ4n) is 2.68. The van der Waals surface area contributed by atoms with Crippen molar-refractivity contribution in [3.8, 4) is 0 Å². The van der Waals surface area contributed by atoms with Crippen LogP contribution < -0.4 is 4.72 Å². The summed E-state index contributed by atoms with van der Waals surface area (Å²) in [6.07, 6.45) is 0. The summed E-state index contributed by atoms with van der Waals surface area (Å²) in [5.74, 6) is -0.522. The van der Waals surface area contributed by atoms with Crippen molar-refractivity contribution in [3.05, 3.63) is 81.3 Å². The highest BCUT2D eigenvalue weighted by atomic mass is 35.5. The zero-order valence-corrected chi connectivity index (χ0v) is 18.4. The summed E-state index contributed by atoms with van der Waals surface area (Å²) in [6.45, 7) is 1.08. The van der Waals surface area contributed by atoms with Crippen LogP contribution in [0.3, 0.4) is 0 Å². The largest absolute Gasteiger partial charge is 0.240 e. The van der Waals surface area contributed by atoms with Gasteiger partial charge in [-0.25, -0.2) is 25.9 Å². The van der Waals surface area contributed by atoms with Crippen LogP contribution in [0.15, 0.2) is 69.8 Å². The maximum absolute atomic E-state index is 13.5. The third kappa shape index (κ3) is 4.87. The standard InChI is InChI=1S/C19H17ClFNO4S3/c1-13-11-16(8-9-17(13)21)29(25,26)22-12-19(18-3-2-10-27-18)28(23,24)15-6-4-14(20)5-7-15/h2-11,19,22H,12H2,1H3/t19-/m1/s1. The molecular formula is C19H17ClFNO4S3. The van der Waals surface area contributed by atoms with E-state index in [4.69, 9.17) is 11.6 Å². The molecule has 10 heteroatoms. The molecule has 0 aliphatic rings. The van der Waals surface area contributed by atoms with E-state index in [0.29, 0.717) is 9.90 Å². The highest BCUT2D eigenvalue weighted by Gasteiger charge is 2.31. The quantitative estimate of drug-likeness (QED) is 0.553. The summed E-state index contributed by atoms with van der Waals surface area (Å²) < 4.78 is 67.4. The number of sulfonamides is 1. The number of sulfone groups is 1. The lowest BCUT2D eigenvalue weighted by molar-refractivity contribution is 0.569. The van der Waals surface area contributed by atoms with Gasteiger partial charge in [-0.15, -0.1) is 11.3 Å². The van der Waals surface area contributed by atoms with Gasteiger partial charge >= 0.3 is 0 Å². The molecular weight excluding hydrogens is 457 g/mol. The van der Waals surface area contributed by atoms with E-state index < -0.39 is 30.9 Å². The highest BCUT2D eigenvalue weighted by Crippen LogP contribution is 2.32. The molecule has 0 fully saturated rings. The molecule has 0 unspecified atom stereocenters. The minimum atomic E-state index is -4.03. The first-order valence-electron chi connectivity index (χ1n) is 8.40. The van der Waals surface area contributed by atoms with Crippen molar-refractivity contribution in [3.63, 3.8) is 0 Å². The van der Waals surface area contributed by atoms with Gasteiger partial charge in [0.05, 0.1) is 9.79 Å². The number of thiophene rings is 1. The van der Waals surface area contributed by atoms with Crippen molar-refractivity contribution in [1.82, 2.24) is 4.72 Å². The molecule has 3 rings (SSSR count). The van der Waals surface area contributed by atoms with Crippen LogP contribution >= 0.6 is 22.9 Å². The van der Waals surface area contributed by atoms with Crippen molar-refractivity contribution in [1.29, 1.82) is 0 Å². The predicted molar refractivity (Wildman–Crippen MR) is 112 cm³/mol. The van der Waals surface area contributed by atoms with Gasteiger partial charge in [0, 0.05) is 16.4 Å². The Morgan fingerprint density at radius 2 is 1.69 bits per heavy atom. The first kappa shape index (κ1) is 21.9. The molecule has 0 bridgehead atoms. The average Bonchev–Trinajstić information content (AvgIpc) is 3.18. The SMILES string of the molecule is Cc1cc(S(=O)(=O)NC[C@H](c2cccs2)S(=O)(=O)c2ccc(Cl)cc2)ccc1F. The third-order valence-corrected chi connectivity index (χ3v) is 9.18. The Kier molecular flexibility index (Phi) is 6.45. The minimum absolute atomic E-state index is 0.0390. The van der Waals surface area contributed by atoms with Crippen LogP contribution in [-0.2, 0) is 19.9 Å². The van der Waals surface area contributed by atoms with Gasteiger partial charge in [-0.2, -0.15) is 0 Å². The van der Waals surface area contributed by atoms with Gasteiger partial charge < -0.3 is 0 Å². The molecule has 0 radical (unpaired) electrons. The van der Waals surface area contributed by atoms with Crippen molar-refractivity contribution >= 4 is 42.8 Å². The van der Waals surface area contributed by atoms with E-state index in [1.165, 1.54) is 48.6 Å². The second kappa shape index (κ2) is 8.53. The van der Waals surface area contributed by atoms with E-state index in [1.807, 2.05) is 0 Å². The van der Waals surface area contributed by atoms with Gasteiger partial charge in [0.1, 0.15) is 11.1 Å². The Labute approximate surface area is 178 Å². The third-order valence-electron chi connectivity index (χ3n) is 4.28. The number of halogens is 2. The van der Waals surface area contributed by atoms with Crippen LogP contribution in [0.4, 0.5) is 4.39 Å². The van der Waals surface area contributed by atoms with Crippen LogP contribution in [0.2, 0.25) is 5.02 Å². The van der Waals surface area contributed by atoms with Crippen LogP contribution in [0.25, 0.3) is 0 Å². The molecule has 1 aromatic heterocycles. The molecule has 1 N–H and O–H groups in total. The molecule has 0 saturated heterocycles. The summed E-state index contributed by atoms with van der Waals surface area (Å²) in [5, 5.41) is 0.987. The second-order valence-electron chi connectivity index (χ2n) is 6.27. The topological polar surface area (TPSA) is 80.3 Å². The molecule has 5 nitrogen and oxygen atoms in total. The molecule has 0 aliphatic carbocycles. The lowest BCUT2D eigenvalue weighted by Gasteiger charge is -2.18. The van der Waals surface area contributed by atoms with E-state index in [0.717, 1.165) is 12.1 Å². The first-order valence-corrected chi connectivity index (χ1v) is 12.7. The summed E-state index contributed by atoms with van der Waals surface area (Å²) in [5.41, 5.74) is 0.177. The van der Waals surface area contributed by atoms with Crippen LogP contribution in [0.5, 0.6) is 0 Å². The maximum atomic E-state index is 13.5. The number of hydrogen-bond acceptors (Lipinski definition) is 5. The van der Waals surface area contributed by atoms with Gasteiger partial charge in [-0.3, -0.25) is 0 Å². The minimum Gasteiger partial charge on any atom is -0.223 e. The number of rotatable bonds is 7. The molecule has 0 amide bonds. The summed E-state index contributed by atoms with van der Waals surface area (Å²) >= 11 is 7.06. The van der Waals surface area contributed by atoms with E-state index >= 15 is 0 Å². The van der Waals surface area contributed by atoms with Gasteiger partial charge in [-0.1, -0.05) is 17.7 Å². The molecule has 0 aliphatic heterocycles. The summed E-state index contributed by atoms with van der Waals surface area (Å²) in [6, 6.07) is 12.4. The lowest BCUT2D eigenvalue weighted by Crippen LogP contribution is -2.31. The summed E-state index contributed by atoms with van der Waals surface area (Å²) in [7, 11) is -7.93. The fraction of sp³-hybridized carbons (Fsp3) is 0.158. The Bertz CT molecular complexity index is 1210. The number of hydrogen-bond donors (Lipinski definition) is 1. The first-order chi connectivity index (χ1) is 13.6. The fourth-order valence-corrected chi connectivity index (χ4v) is 6.83. The molecule has 29 heavy (non-hydrogen) atoms. The molecule has 3 aromatic rings. The Morgan fingerprint density at radius 3 is 2.28 bits per heavy atom. The monoisotopic (exact) mass is 473 g/mol. The van der Waals surface area contributed by atoms with E-state index in [2.05, 4.69) is 4.72 Å². The molecule has 1 atom stereocenters. The zero-order chi connectivity index (χ0) is 21.2. The van der Waals surface area contributed by atoms with Crippen molar-refractivity contribution in [2.24, 2.45) is 0 Å². The van der Waals surface area contributed by atoms with Crippen LogP contribution in [0.1, 0.15) is 15.7 Å². The lowest BCUT2D eigenvalue weighted by atomic mass is 10.2. The second-order valence-corrected chi connectivity index (χ2v) is 11.6. The smallest absolute Gasteiger partial charge is 0.223 e. The van der Waals surface area contributed by atoms with Gasteiger partial charge in [0.15, 0.2) is 9.84 Å². The molecule has 0 saturated carbocycles. The van der Waals surface area contributed by atoms with Crippen LogP contribution in [-0.4, -0.2) is 23.4 Å². The summed E-state index contributed by atoms with van der Waals surface area (Å²) in [4.78, 5) is 0.403. The van der Waals surface area contributed by atoms with Gasteiger partial charge in [-0.05, 0) is 66.4 Å². The van der Waals surface area contributed by atoms with Gasteiger partial charge in [0.2, 0.25) is 10.0 Å². The number of aryl methyl sites for hydroxylation is 1. The molecule has 1 heterocycles. The van der Waals surface area contributed by atoms with E-state index in [1.54, 1.807) is 17.5 Å². The van der Waals surface area contributed by atoms with Gasteiger partial charge in [0.25, 0.3) is 0 Å².